The van der Waals surface area contributed by atoms with Gasteiger partial charge in [-0.3, -0.25) is 9.59 Å². The monoisotopic (exact) mass is 432 g/mol. The number of carboxylic acid groups (broad SMARTS) is 1. The molecule has 9 nitrogen and oxygen atoms in total. The van der Waals surface area contributed by atoms with Gasteiger partial charge in [0.25, 0.3) is 0 Å². The molecule has 2 aliphatic heterocycles. The fraction of sp³-hybridized carbons (Fsp3) is 0.500. The van der Waals surface area contributed by atoms with Gasteiger partial charge in [-0.25, -0.2) is 8.42 Å². The van der Waals surface area contributed by atoms with Gasteiger partial charge >= 0.3 is 29.6 Å². The average molecular weight is 432 g/mol. The second-order valence-electron chi connectivity index (χ2n) is 7.62. The van der Waals surface area contributed by atoms with Crippen molar-refractivity contribution in [3.63, 3.8) is 0 Å². The Morgan fingerprint density at radius 1 is 1.24 bits per heavy atom. The van der Waals surface area contributed by atoms with Crippen molar-refractivity contribution in [2.75, 3.05) is 0 Å². The molecular weight excluding hydrogens is 411 g/mol. The van der Waals surface area contributed by atoms with Crippen molar-refractivity contribution < 1.29 is 62.6 Å². The molecule has 2 heterocycles. The molecule has 0 spiro atoms. The first-order valence-corrected chi connectivity index (χ1v) is 10.3. The molecule has 5 atom stereocenters. The first-order chi connectivity index (χ1) is 12.9. The van der Waals surface area contributed by atoms with Crippen LogP contribution in [0.2, 0.25) is 0 Å². The summed E-state index contributed by atoms with van der Waals surface area (Å²) < 4.78 is 23.8. The van der Waals surface area contributed by atoms with E-state index in [1.807, 2.05) is 0 Å². The summed E-state index contributed by atoms with van der Waals surface area (Å²) in [6.45, 7) is 4.06. The number of fused-ring (bicyclic) bond motifs is 1. The van der Waals surface area contributed by atoms with E-state index in [4.69, 9.17) is 0 Å². The molecule has 11 heteroatoms. The third-order valence-electron chi connectivity index (χ3n) is 5.60. The Kier molecular flexibility index (Phi) is 6.56. The van der Waals surface area contributed by atoms with Crippen LogP contribution in [0.5, 0.6) is 0 Å². The third kappa shape index (κ3) is 3.50. The summed E-state index contributed by atoms with van der Waals surface area (Å²) in [5.74, 6) is -5.06. The Labute approximate surface area is 190 Å². The molecule has 0 radical (unpaired) electrons. The molecule has 0 aliphatic carbocycles. The van der Waals surface area contributed by atoms with E-state index in [2.05, 4.69) is 5.32 Å². The number of rotatable bonds is 5. The van der Waals surface area contributed by atoms with Crippen molar-refractivity contribution >= 4 is 27.6 Å². The number of carboxylic acids is 1. The zero-order chi connectivity index (χ0) is 21.0. The quantitative estimate of drug-likeness (QED) is 0.352. The van der Waals surface area contributed by atoms with Crippen molar-refractivity contribution in [2.45, 2.75) is 49.1 Å². The minimum atomic E-state index is -4.16. The maximum absolute atomic E-state index is 12.8. The van der Waals surface area contributed by atoms with Crippen LogP contribution in [0.15, 0.2) is 30.3 Å². The molecule has 0 unspecified atom stereocenters. The second kappa shape index (κ2) is 7.99. The zero-order valence-corrected chi connectivity index (χ0v) is 19.3. The van der Waals surface area contributed by atoms with Gasteiger partial charge in [-0.1, -0.05) is 30.3 Å². The van der Waals surface area contributed by atoms with Gasteiger partial charge in [-0.2, -0.15) is 0 Å². The number of aliphatic carboxylic acids is 1. The summed E-state index contributed by atoms with van der Waals surface area (Å²) in [5.41, 5.74) is 0.760. The predicted octanol–water partition coefficient (Wildman–Crippen LogP) is -4.66. The van der Waals surface area contributed by atoms with Crippen LogP contribution in [0.3, 0.4) is 0 Å². The predicted molar refractivity (Wildman–Crippen MR) is 94.9 cm³/mol. The minimum absolute atomic E-state index is 0. The van der Waals surface area contributed by atoms with Crippen LogP contribution in [0.1, 0.15) is 32.4 Å². The van der Waals surface area contributed by atoms with E-state index in [1.165, 1.54) is 13.8 Å². The van der Waals surface area contributed by atoms with E-state index in [9.17, 15) is 33.0 Å². The molecule has 2 fully saturated rings. The summed E-state index contributed by atoms with van der Waals surface area (Å²) in [4.78, 5) is 37.0. The molecule has 1 aromatic carbocycles. The van der Waals surface area contributed by atoms with Crippen molar-refractivity contribution in [1.82, 2.24) is 10.2 Å². The second-order valence-corrected chi connectivity index (χ2v) is 10.2. The number of aliphatic hydroxyl groups is 1. The molecule has 29 heavy (non-hydrogen) atoms. The maximum atomic E-state index is 12.8. The van der Waals surface area contributed by atoms with Crippen molar-refractivity contribution in [3.05, 3.63) is 35.9 Å². The number of carbonyl (C=O) groups is 3. The molecule has 0 bridgehead atoms. The number of aliphatic hydroxyl groups excluding tert-OH is 1. The first kappa shape index (κ1) is 23.8. The smallest absolute Gasteiger partial charge is 0.548 e. The molecule has 152 valence electrons. The van der Waals surface area contributed by atoms with Gasteiger partial charge in [0.1, 0.15) is 17.4 Å². The number of benzene rings is 1. The molecule has 2 saturated heterocycles. The van der Waals surface area contributed by atoms with E-state index in [0.717, 1.165) is 5.56 Å². The zero-order valence-electron chi connectivity index (χ0n) is 16.5. The standard InChI is InChI=1S/C18H22N2O7S.Na/c1-9(10-7-5-4-6-8-10)19-14(22)12(21)11-15(23)20-13(17(24)25)18(2,3)28(26,27)16(11)20;/h4-9,11-13,16,21H,1-3H3,(H,19,22)(H,24,25);/q;+1/p-1/t9-,11-,12+,13+,16-;/m1./s1. The van der Waals surface area contributed by atoms with Gasteiger partial charge in [0.15, 0.2) is 9.84 Å². The van der Waals surface area contributed by atoms with E-state index < -0.39 is 61.8 Å². The Balaban J connectivity index is 0.00000300. The van der Waals surface area contributed by atoms with Gasteiger partial charge in [0.2, 0.25) is 11.8 Å². The number of β-lactam (4-membered cyclic amide) rings is 1. The van der Waals surface area contributed by atoms with Crippen LogP contribution < -0.4 is 40.0 Å². The van der Waals surface area contributed by atoms with E-state index in [-0.39, 0.29) is 29.6 Å². The molecular formula is C18H21N2NaO7S. The number of nitrogens with zero attached hydrogens (tertiary/aromatic N) is 1. The Morgan fingerprint density at radius 2 is 1.79 bits per heavy atom. The summed E-state index contributed by atoms with van der Waals surface area (Å²) in [6.07, 6.45) is -1.93. The largest absolute Gasteiger partial charge is 1.00 e. The molecule has 0 saturated carbocycles. The average Bonchev–Trinajstić information content (AvgIpc) is 2.76. The van der Waals surface area contributed by atoms with E-state index >= 15 is 0 Å². The molecule has 3 rings (SSSR count). The van der Waals surface area contributed by atoms with Crippen molar-refractivity contribution in [2.24, 2.45) is 5.92 Å². The minimum Gasteiger partial charge on any atom is -0.548 e. The number of sulfone groups is 1. The van der Waals surface area contributed by atoms with Gasteiger partial charge < -0.3 is 25.2 Å². The number of carbonyl (C=O) groups excluding carboxylic acids is 3. The molecule has 2 aliphatic rings. The van der Waals surface area contributed by atoms with E-state index in [0.29, 0.717) is 4.90 Å². The Bertz CT molecular complexity index is 935. The van der Waals surface area contributed by atoms with Crippen molar-refractivity contribution in [1.29, 1.82) is 0 Å². The van der Waals surface area contributed by atoms with Crippen LogP contribution >= 0.6 is 0 Å². The van der Waals surface area contributed by atoms with Crippen molar-refractivity contribution in [3.8, 4) is 0 Å². The molecule has 2 amide bonds. The fourth-order valence-electron chi connectivity index (χ4n) is 3.90. The van der Waals surface area contributed by atoms with Gasteiger partial charge in [-0.05, 0) is 26.3 Å². The number of hydrogen-bond acceptors (Lipinski definition) is 7. The van der Waals surface area contributed by atoms with Crippen LogP contribution in [-0.4, -0.2) is 58.5 Å². The number of nitrogens with one attached hydrogen (secondary N) is 1. The normalized spacial score (nSPS) is 28.3. The third-order valence-corrected chi connectivity index (χ3v) is 8.45. The van der Waals surface area contributed by atoms with Crippen LogP contribution in [0.4, 0.5) is 0 Å². The van der Waals surface area contributed by atoms with Gasteiger partial charge in [0.05, 0.1) is 22.8 Å². The molecule has 0 aromatic heterocycles. The fourth-order valence-corrected chi connectivity index (χ4v) is 6.22. The SMILES string of the molecule is C[C@@H](NC(=O)[C@@H](O)[C@@H]1C(=O)N2[C@@H](C(=O)[O-])C(C)(C)S(=O)(=O)[C@H]12)c1ccccc1.[Na+]. The van der Waals surface area contributed by atoms with Gasteiger partial charge in [-0.15, -0.1) is 0 Å². The summed E-state index contributed by atoms with van der Waals surface area (Å²) in [5, 5.41) is 22.8. The number of hydrogen-bond donors (Lipinski definition) is 2. The summed E-state index contributed by atoms with van der Waals surface area (Å²) in [7, 11) is -4.16. The number of amides is 2. The van der Waals surface area contributed by atoms with Crippen LogP contribution in [-0.2, 0) is 24.2 Å². The topological polar surface area (TPSA) is 144 Å². The van der Waals surface area contributed by atoms with E-state index in [1.54, 1.807) is 37.3 Å². The van der Waals surface area contributed by atoms with Crippen LogP contribution in [0, 0.1) is 5.92 Å². The summed E-state index contributed by atoms with van der Waals surface area (Å²) >= 11 is 0. The first-order valence-electron chi connectivity index (χ1n) is 8.72. The maximum Gasteiger partial charge on any atom is 1.00 e. The summed E-state index contributed by atoms with van der Waals surface area (Å²) in [6, 6.07) is 6.72. The molecule has 1 aromatic rings. The van der Waals surface area contributed by atoms with Gasteiger partial charge in [0, 0.05) is 0 Å². The van der Waals surface area contributed by atoms with Crippen LogP contribution in [0.25, 0.3) is 0 Å². The Morgan fingerprint density at radius 3 is 2.31 bits per heavy atom. The molecule has 2 N–H and O–H groups in total. The Hall–Kier alpha value is -1.46.